The van der Waals surface area contributed by atoms with E-state index in [1.54, 1.807) is 6.07 Å². The van der Waals surface area contributed by atoms with E-state index in [2.05, 4.69) is 5.43 Å². The van der Waals surface area contributed by atoms with Gasteiger partial charge in [-0.15, -0.1) is 0 Å². The predicted molar refractivity (Wildman–Crippen MR) is 62.2 cm³/mol. The van der Waals surface area contributed by atoms with Gasteiger partial charge in [-0.2, -0.15) is 0 Å². The van der Waals surface area contributed by atoms with Gasteiger partial charge in [0.2, 0.25) is 0 Å². The van der Waals surface area contributed by atoms with Crippen molar-refractivity contribution in [1.29, 1.82) is 0 Å². The van der Waals surface area contributed by atoms with Gasteiger partial charge in [0, 0.05) is 6.61 Å². The highest BCUT2D eigenvalue weighted by atomic mass is 19.1. The zero-order valence-corrected chi connectivity index (χ0v) is 9.74. The second-order valence-corrected chi connectivity index (χ2v) is 3.60. The van der Waals surface area contributed by atoms with Crippen molar-refractivity contribution in [2.75, 3.05) is 6.61 Å². The second-order valence-electron chi connectivity index (χ2n) is 3.60. The van der Waals surface area contributed by atoms with Gasteiger partial charge < -0.3 is 4.74 Å². The van der Waals surface area contributed by atoms with Crippen LogP contribution >= 0.6 is 0 Å². The van der Waals surface area contributed by atoms with Crippen LogP contribution in [0.3, 0.4) is 0 Å². The minimum Gasteiger partial charge on any atom is -0.376 e. The van der Waals surface area contributed by atoms with Gasteiger partial charge in [-0.25, -0.2) is 4.39 Å². The first-order chi connectivity index (χ1) is 7.72. The van der Waals surface area contributed by atoms with Crippen LogP contribution in [0.5, 0.6) is 0 Å². The molecule has 0 fully saturated rings. The second kappa shape index (κ2) is 6.58. The summed E-state index contributed by atoms with van der Waals surface area (Å²) in [5, 5.41) is 0. The van der Waals surface area contributed by atoms with Crippen molar-refractivity contribution in [3.8, 4) is 0 Å². The largest absolute Gasteiger partial charge is 0.376 e. The van der Waals surface area contributed by atoms with E-state index in [1.165, 1.54) is 12.1 Å². The van der Waals surface area contributed by atoms with E-state index in [4.69, 9.17) is 10.6 Å². The summed E-state index contributed by atoms with van der Waals surface area (Å²) < 4.78 is 18.7. The molecule has 0 saturated carbocycles. The van der Waals surface area contributed by atoms with Crippen LogP contribution in [0.4, 0.5) is 4.39 Å². The number of benzene rings is 1. The maximum absolute atomic E-state index is 13.1. The molecule has 2 unspecified atom stereocenters. The third-order valence-corrected chi connectivity index (χ3v) is 2.54. The Bertz CT molecular complexity index is 320. The highest BCUT2D eigenvalue weighted by Gasteiger charge is 2.21. The minimum absolute atomic E-state index is 0.0446. The molecule has 0 heterocycles. The Kier molecular flexibility index (Phi) is 5.38. The van der Waals surface area contributed by atoms with Crippen LogP contribution in [0.1, 0.15) is 31.9 Å². The number of hydrogen-bond donors (Lipinski definition) is 2. The van der Waals surface area contributed by atoms with Gasteiger partial charge in [-0.1, -0.05) is 19.1 Å². The van der Waals surface area contributed by atoms with E-state index in [-0.39, 0.29) is 18.0 Å². The first-order valence-electron chi connectivity index (χ1n) is 5.56. The molecule has 2 atom stereocenters. The Labute approximate surface area is 95.8 Å². The van der Waals surface area contributed by atoms with E-state index < -0.39 is 0 Å². The predicted octanol–water partition coefficient (Wildman–Crippen LogP) is 2.15. The molecule has 0 aliphatic carbocycles. The number of rotatable bonds is 6. The Hall–Kier alpha value is -0.970. The molecule has 3 nitrogen and oxygen atoms in total. The van der Waals surface area contributed by atoms with Gasteiger partial charge in [0.05, 0.1) is 12.1 Å². The minimum atomic E-state index is -0.260. The van der Waals surface area contributed by atoms with E-state index >= 15 is 0 Å². The zero-order chi connectivity index (χ0) is 12.0. The Balaban J connectivity index is 2.87. The van der Waals surface area contributed by atoms with Gasteiger partial charge in [-0.05, 0) is 31.0 Å². The maximum atomic E-state index is 13.1. The van der Waals surface area contributed by atoms with Crippen molar-refractivity contribution in [1.82, 2.24) is 5.43 Å². The van der Waals surface area contributed by atoms with Gasteiger partial charge in [0.25, 0.3) is 0 Å². The van der Waals surface area contributed by atoms with Gasteiger partial charge >= 0.3 is 0 Å². The third kappa shape index (κ3) is 3.27. The summed E-state index contributed by atoms with van der Waals surface area (Å²) in [5.74, 6) is 5.25. The standard InChI is InChI=1S/C12H19FN2O/c1-3-11(16-4-2)12(15-14)9-6-5-7-10(13)8-9/h5-8,11-12,15H,3-4,14H2,1-2H3. The summed E-state index contributed by atoms with van der Waals surface area (Å²) >= 11 is 0. The summed E-state index contributed by atoms with van der Waals surface area (Å²) in [7, 11) is 0. The van der Waals surface area contributed by atoms with Crippen molar-refractivity contribution in [2.24, 2.45) is 5.84 Å². The molecular weight excluding hydrogens is 207 g/mol. The van der Waals surface area contributed by atoms with E-state index in [1.807, 2.05) is 19.9 Å². The summed E-state index contributed by atoms with van der Waals surface area (Å²) in [6, 6.07) is 6.23. The molecule has 1 aromatic carbocycles. The molecule has 90 valence electrons. The number of nitrogens with one attached hydrogen (secondary N) is 1. The number of hydrogen-bond acceptors (Lipinski definition) is 3. The van der Waals surface area contributed by atoms with E-state index in [0.29, 0.717) is 6.61 Å². The SMILES string of the molecule is CCOC(CC)C(NN)c1cccc(F)c1. The molecule has 4 heteroatoms. The lowest BCUT2D eigenvalue weighted by atomic mass is 10.00. The van der Waals surface area contributed by atoms with Crippen LogP contribution in [0.2, 0.25) is 0 Å². The first-order valence-corrected chi connectivity index (χ1v) is 5.56. The molecule has 0 radical (unpaired) electrons. The monoisotopic (exact) mass is 226 g/mol. The van der Waals surface area contributed by atoms with Crippen molar-refractivity contribution in [3.05, 3.63) is 35.6 Å². The maximum Gasteiger partial charge on any atom is 0.123 e. The highest BCUT2D eigenvalue weighted by Crippen LogP contribution is 2.21. The number of halogens is 1. The lowest BCUT2D eigenvalue weighted by molar-refractivity contribution is 0.0313. The summed E-state index contributed by atoms with van der Waals surface area (Å²) in [6.45, 7) is 4.57. The Morgan fingerprint density at radius 2 is 2.19 bits per heavy atom. The van der Waals surface area contributed by atoms with Crippen LogP contribution in [0.25, 0.3) is 0 Å². The molecule has 16 heavy (non-hydrogen) atoms. The summed E-state index contributed by atoms with van der Waals surface area (Å²) in [6.07, 6.45) is 0.774. The van der Waals surface area contributed by atoms with Gasteiger partial charge in [0.15, 0.2) is 0 Å². The van der Waals surface area contributed by atoms with Crippen LogP contribution < -0.4 is 11.3 Å². The Morgan fingerprint density at radius 1 is 1.44 bits per heavy atom. The fourth-order valence-corrected chi connectivity index (χ4v) is 1.78. The lowest BCUT2D eigenvalue weighted by Crippen LogP contribution is -2.37. The number of ether oxygens (including phenoxy) is 1. The fourth-order valence-electron chi connectivity index (χ4n) is 1.78. The van der Waals surface area contributed by atoms with Crippen LogP contribution in [0, 0.1) is 5.82 Å². The molecular formula is C12H19FN2O. The Morgan fingerprint density at radius 3 is 2.69 bits per heavy atom. The van der Waals surface area contributed by atoms with Crippen molar-refractivity contribution < 1.29 is 9.13 Å². The van der Waals surface area contributed by atoms with Crippen LogP contribution in [-0.2, 0) is 4.74 Å². The van der Waals surface area contributed by atoms with Crippen molar-refractivity contribution in [3.63, 3.8) is 0 Å². The topological polar surface area (TPSA) is 47.3 Å². The van der Waals surface area contributed by atoms with Crippen LogP contribution in [0.15, 0.2) is 24.3 Å². The lowest BCUT2D eigenvalue weighted by Gasteiger charge is -2.25. The molecule has 0 aromatic heterocycles. The average Bonchev–Trinajstić information content (AvgIpc) is 2.29. The van der Waals surface area contributed by atoms with Gasteiger partial charge in [-0.3, -0.25) is 11.3 Å². The molecule has 1 aromatic rings. The quantitative estimate of drug-likeness (QED) is 0.577. The summed E-state index contributed by atoms with van der Waals surface area (Å²) in [5.41, 5.74) is 3.50. The molecule has 0 aliphatic rings. The van der Waals surface area contributed by atoms with Crippen LogP contribution in [-0.4, -0.2) is 12.7 Å². The first kappa shape index (κ1) is 13.1. The molecule has 0 bridgehead atoms. The van der Waals surface area contributed by atoms with Crippen molar-refractivity contribution >= 4 is 0 Å². The number of hydrazine groups is 1. The molecule has 0 saturated heterocycles. The summed E-state index contributed by atoms with van der Waals surface area (Å²) in [4.78, 5) is 0. The van der Waals surface area contributed by atoms with E-state index in [9.17, 15) is 4.39 Å². The molecule has 3 N–H and O–H groups in total. The zero-order valence-electron chi connectivity index (χ0n) is 9.74. The number of nitrogens with two attached hydrogens (primary N) is 1. The molecule has 0 spiro atoms. The third-order valence-electron chi connectivity index (χ3n) is 2.54. The highest BCUT2D eigenvalue weighted by molar-refractivity contribution is 5.21. The average molecular weight is 226 g/mol. The molecule has 0 aliphatic heterocycles. The smallest absolute Gasteiger partial charge is 0.123 e. The van der Waals surface area contributed by atoms with E-state index in [0.717, 1.165) is 12.0 Å². The molecule has 1 rings (SSSR count). The normalized spacial score (nSPS) is 14.8. The fraction of sp³-hybridized carbons (Fsp3) is 0.500. The molecule has 0 amide bonds. The van der Waals surface area contributed by atoms with Crippen molar-refractivity contribution in [2.45, 2.75) is 32.4 Å². The van der Waals surface area contributed by atoms with Gasteiger partial charge in [0.1, 0.15) is 5.82 Å².